The molecule has 308 valence electrons. The molecule has 0 aromatic heterocycles. The van der Waals surface area contributed by atoms with E-state index < -0.39 is 6.10 Å². The van der Waals surface area contributed by atoms with Crippen molar-refractivity contribution >= 4 is 17.9 Å². The first-order valence-electron chi connectivity index (χ1n) is 22.7. The Morgan fingerprint density at radius 3 is 0.942 bits per heavy atom. The molecule has 0 unspecified atom stereocenters. The average molecular weight is 737 g/mol. The Kier molecular flexibility index (Phi) is 37.9. The molecule has 0 aliphatic heterocycles. The topological polar surface area (TPSA) is 78.9 Å². The summed E-state index contributed by atoms with van der Waals surface area (Å²) in [6.07, 6.45) is 36.7. The van der Waals surface area contributed by atoms with Gasteiger partial charge in [-0.1, -0.05) is 208 Å². The molecule has 0 aliphatic carbocycles. The second kappa shape index (κ2) is 39.1. The molecule has 0 rings (SSSR count). The van der Waals surface area contributed by atoms with E-state index in [-0.39, 0.29) is 31.1 Å². The van der Waals surface area contributed by atoms with Gasteiger partial charge < -0.3 is 14.2 Å². The predicted octanol–water partition coefficient (Wildman–Crippen LogP) is 14.2. The Labute approximate surface area is 323 Å². The normalized spacial score (nSPS) is 12.1. The second-order valence-corrected chi connectivity index (χ2v) is 16.6. The SMILES string of the molecule is CCCCCCCCCCCCC(=O)OC[C@H](COC(=O)CCCCCCCCC(C)C)OC(=O)CCCCCCCCCCCCCCC(C)C. The molecule has 0 amide bonds. The van der Waals surface area contributed by atoms with Gasteiger partial charge in [-0.2, -0.15) is 0 Å². The number of esters is 3. The lowest BCUT2D eigenvalue weighted by Gasteiger charge is -2.18. The summed E-state index contributed by atoms with van der Waals surface area (Å²) in [6, 6.07) is 0. The summed E-state index contributed by atoms with van der Waals surface area (Å²) in [5.74, 6) is 0.733. The maximum Gasteiger partial charge on any atom is 0.306 e. The smallest absolute Gasteiger partial charge is 0.306 e. The maximum absolute atomic E-state index is 12.7. The Hall–Kier alpha value is -1.59. The molecular formula is C46H88O6. The van der Waals surface area contributed by atoms with Gasteiger partial charge in [-0.05, 0) is 31.1 Å². The first-order chi connectivity index (χ1) is 25.2. The minimum atomic E-state index is -0.760. The van der Waals surface area contributed by atoms with Gasteiger partial charge >= 0.3 is 17.9 Å². The summed E-state index contributed by atoms with van der Waals surface area (Å²) in [7, 11) is 0. The molecule has 0 bridgehead atoms. The van der Waals surface area contributed by atoms with Gasteiger partial charge in [-0.15, -0.1) is 0 Å². The van der Waals surface area contributed by atoms with E-state index in [1.807, 2.05) is 0 Å². The molecule has 0 aliphatic rings. The molecule has 0 radical (unpaired) electrons. The van der Waals surface area contributed by atoms with Crippen LogP contribution in [0.25, 0.3) is 0 Å². The summed E-state index contributed by atoms with van der Waals surface area (Å²) in [4.78, 5) is 37.6. The molecule has 0 fully saturated rings. The molecule has 0 heterocycles. The van der Waals surface area contributed by atoms with Crippen LogP contribution in [-0.2, 0) is 28.6 Å². The lowest BCUT2D eigenvalue weighted by atomic mass is 10.0. The lowest BCUT2D eigenvalue weighted by Crippen LogP contribution is -2.30. The van der Waals surface area contributed by atoms with Crippen molar-refractivity contribution < 1.29 is 28.6 Å². The fourth-order valence-electron chi connectivity index (χ4n) is 6.75. The molecule has 0 spiro atoms. The zero-order valence-corrected chi connectivity index (χ0v) is 35.4. The summed E-state index contributed by atoms with van der Waals surface area (Å²) in [5, 5.41) is 0. The van der Waals surface area contributed by atoms with Crippen molar-refractivity contribution in [1.82, 2.24) is 0 Å². The van der Waals surface area contributed by atoms with Crippen LogP contribution in [0.1, 0.15) is 247 Å². The van der Waals surface area contributed by atoms with Crippen LogP contribution in [0, 0.1) is 11.8 Å². The highest BCUT2D eigenvalue weighted by Crippen LogP contribution is 2.16. The minimum absolute atomic E-state index is 0.0655. The molecule has 6 heteroatoms. The maximum atomic E-state index is 12.7. The lowest BCUT2D eigenvalue weighted by molar-refractivity contribution is -0.167. The number of ether oxygens (including phenoxy) is 3. The fraction of sp³-hybridized carbons (Fsp3) is 0.935. The van der Waals surface area contributed by atoms with Crippen LogP contribution in [-0.4, -0.2) is 37.2 Å². The molecule has 6 nitrogen and oxygen atoms in total. The van der Waals surface area contributed by atoms with E-state index in [1.165, 1.54) is 135 Å². The van der Waals surface area contributed by atoms with Crippen molar-refractivity contribution in [3.8, 4) is 0 Å². The molecule has 1 atom stereocenters. The van der Waals surface area contributed by atoms with Crippen LogP contribution in [0.2, 0.25) is 0 Å². The third-order valence-electron chi connectivity index (χ3n) is 10.2. The Bertz CT molecular complexity index is 794. The second-order valence-electron chi connectivity index (χ2n) is 16.6. The van der Waals surface area contributed by atoms with Gasteiger partial charge in [0, 0.05) is 19.3 Å². The predicted molar refractivity (Wildman–Crippen MR) is 220 cm³/mol. The highest BCUT2D eigenvalue weighted by Gasteiger charge is 2.19. The highest BCUT2D eigenvalue weighted by atomic mass is 16.6. The van der Waals surface area contributed by atoms with Crippen molar-refractivity contribution in [2.45, 2.75) is 253 Å². The van der Waals surface area contributed by atoms with Gasteiger partial charge in [0.1, 0.15) is 13.2 Å². The molecule has 52 heavy (non-hydrogen) atoms. The van der Waals surface area contributed by atoms with Gasteiger partial charge in [0.05, 0.1) is 0 Å². The van der Waals surface area contributed by atoms with Crippen LogP contribution < -0.4 is 0 Å². The number of rotatable bonds is 40. The van der Waals surface area contributed by atoms with Crippen molar-refractivity contribution in [3.63, 3.8) is 0 Å². The van der Waals surface area contributed by atoms with Crippen LogP contribution >= 0.6 is 0 Å². The van der Waals surface area contributed by atoms with Gasteiger partial charge in [-0.3, -0.25) is 14.4 Å². The first kappa shape index (κ1) is 50.4. The van der Waals surface area contributed by atoms with E-state index in [1.54, 1.807) is 0 Å². The minimum Gasteiger partial charge on any atom is -0.462 e. The number of carbonyl (C=O) groups is 3. The monoisotopic (exact) mass is 737 g/mol. The van der Waals surface area contributed by atoms with Gasteiger partial charge in [0.15, 0.2) is 6.10 Å². The summed E-state index contributed by atoms with van der Waals surface area (Å²) < 4.78 is 16.7. The van der Waals surface area contributed by atoms with Crippen molar-refractivity contribution in [3.05, 3.63) is 0 Å². The molecule has 0 N–H and O–H groups in total. The third kappa shape index (κ3) is 39.6. The summed E-state index contributed by atoms with van der Waals surface area (Å²) in [5.41, 5.74) is 0. The van der Waals surface area contributed by atoms with Crippen LogP contribution in [0.15, 0.2) is 0 Å². The van der Waals surface area contributed by atoms with Crippen LogP contribution in [0.4, 0.5) is 0 Å². The van der Waals surface area contributed by atoms with Crippen LogP contribution in [0.5, 0.6) is 0 Å². The number of hydrogen-bond donors (Lipinski definition) is 0. The van der Waals surface area contributed by atoms with Gasteiger partial charge in [-0.25, -0.2) is 0 Å². The van der Waals surface area contributed by atoms with Crippen molar-refractivity contribution in [2.75, 3.05) is 13.2 Å². The highest BCUT2D eigenvalue weighted by molar-refractivity contribution is 5.71. The van der Waals surface area contributed by atoms with E-state index in [9.17, 15) is 14.4 Å². The van der Waals surface area contributed by atoms with Crippen molar-refractivity contribution in [2.24, 2.45) is 11.8 Å². The number of hydrogen-bond acceptors (Lipinski definition) is 6. The summed E-state index contributed by atoms with van der Waals surface area (Å²) >= 11 is 0. The zero-order valence-electron chi connectivity index (χ0n) is 35.4. The Morgan fingerprint density at radius 2 is 0.635 bits per heavy atom. The standard InChI is InChI=1S/C46H88O6/c1-6-7-8-9-10-11-17-20-26-31-36-44(47)50-39-43(40-51-45(48)37-32-27-23-22-25-30-35-42(4)5)52-46(49)38-33-28-21-18-15-13-12-14-16-19-24-29-34-41(2)3/h41-43H,6-40H2,1-5H3/t43-/m1/s1. The van der Waals surface area contributed by atoms with E-state index >= 15 is 0 Å². The molecule has 0 saturated heterocycles. The average Bonchev–Trinajstić information content (AvgIpc) is 3.11. The molecule has 0 saturated carbocycles. The molecule has 0 aromatic rings. The molecule has 0 aromatic carbocycles. The Morgan fingerprint density at radius 1 is 0.365 bits per heavy atom. The zero-order chi connectivity index (χ0) is 38.3. The van der Waals surface area contributed by atoms with E-state index in [4.69, 9.17) is 14.2 Å². The largest absolute Gasteiger partial charge is 0.462 e. The van der Waals surface area contributed by atoms with E-state index in [0.717, 1.165) is 69.6 Å². The fourth-order valence-corrected chi connectivity index (χ4v) is 6.75. The van der Waals surface area contributed by atoms with E-state index in [0.29, 0.717) is 19.3 Å². The summed E-state index contributed by atoms with van der Waals surface area (Å²) in [6.45, 7) is 11.3. The first-order valence-corrected chi connectivity index (χ1v) is 22.7. The van der Waals surface area contributed by atoms with Crippen LogP contribution in [0.3, 0.4) is 0 Å². The Balaban J connectivity index is 4.31. The third-order valence-corrected chi connectivity index (χ3v) is 10.2. The quantitative estimate of drug-likeness (QED) is 0.0354. The van der Waals surface area contributed by atoms with Gasteiger partial charge in [0.2, 0.25) is 0 Å². The van der Waals surface area contributed by atoms with Gasteiger partial charge in [0.25, 0.3) is 0 Å². The van der Waals surface area contributed by atoms with Crippen molar-refractivity contribution in [1.29, 1.82) is 0 Å². The number of carbonyl (C=O) groups excluding carboxylic acids is 3. The molecular weight excluding hydrogens is 648 g/mol. The van der Waals surface area contributed by atoms with E-state index in [2.05, 4.69) is 34.6 Å². The number of unbranched alkanes of at least 4 members (excludes halogenated alkanes) is 25.